The van der Waals surface area contributed by atoms with Gasteiger partial charge in [0.1, 0.15) is 12.4 Å². The minimum absolute atomic E-state index is 0.0673. The highest BCUT2D eigenvalue weighted by atomic mass is 16.5. The largest absolute Gasteiger partial charge is 0.490 e. The van der Waals surface area contributed by atoms with Crippen LogP contribution in [0.15, 0.2) is 67.3 Å². The van der Waals surface area contributed by atoms with Gasteiger partial charge >= 0.3 is 0 Å². The number of benzene rings is 2. The number of rotatable bonds is 7. The van der Waals surface area contributed by atoms with Gasteiger partial charge in [-0.15, -0.1) is 0 Å². The molecule has 1 N–H and O–H groups in total. The topological polar surface area (TPSA) is 47.6 Å². The summed E-state index contributed by atoms with van der Waals surface area (Å²) in [4.78, 5) is 12.6. The summed E-state index contributed by atoms with van der Waals surface area (Å²) < 4.78 is 11.0. The molecule has 1 aliphatic heterocycles. The lowest BCUT2D eigenvalue weighted by Gasteiger charge is -2.38. The lowest BCUT2D eigenvalue weighted by Crippen LogP contribution is -2.44. The van der Waals surface area contributed by atoms with E-state index in [0.29, 0.717) is 18.7 Å². The highest BCUT2D eigenvalue weighted by Crippen LogP contribution is 2.34. The molecule has 0 unspecified atom stereocenters. The van der Waals surface area contributed by atoms with Gasteiger partial charge < -0.3 is 14.8 Å². The lowest BCUT2D eigenvalue weighted by molar-refractivity contribution is 0.0487. The van der Waals surface area contributed by atoms with Crippen molar-refractivity contribution in [1.29, 1.82) is 0 Å². The molecule has 2 aromatic carbocycles. The molecule has 1 saturated heterocycles. The molecule has 4 nitrogen and oxygen atoms in total. The first-order chi connectivity index (χ1) is 12.7. The summed E-state index contributed by atoms with van der Waals surface area (Å²) in [6.07, 6.45) is 3.51. The summed E-state index contributed by atoms with van der Waals surface area (Å²) in [5.74, 6) is 0.661. The molecular weight excluding hydrogens is 326 g/mol. The highest BCUT2D eigenvalue weighted by Gasteiger charge is 2.34. The molecule has 1 amide bonds. The summed E-state index contributed by atoms with van der Waals surface area (Å²) in [7, 11) is 0. The van der Waals surface area contributed by atoms with Crippen molar-refractivity contribution in [2.24, 2.45) is 0 Å². The molecule has 136 valence electrons. The highest BCUT2D eigenvalue weighted by molar-refractivity contribution is 5.94. The van der Waals surface area contributed by atoms with Crippen molar-refractivity contribution in [2.45, 2.75) is 18.3 Å². The first-order valence-electron chi connectivity index (χ1n) is 8.99. The quantitative estimate of drug-likeness (QED) is 0.773. The minimum atomic E-state index is -0.0675. The van der Waals surface area contributed by atoms with Crippen LogP contribution >= 0.6 is 0 Å². The van der Waals surface area contributed by atoms with E-state index in [0.717, 1.165) is 31.8 Å². The monoisotopic (exact) mass is 351 g/mol. The van der Waals surface area contributed by atoms with Gasteiger partial charge in [0.15, 0.2) is 0 Å². The zero-order valence-electron chi connectivity index (χ0n) is 14.9. The first-order valence-corrected chi connectivity index (χ1v) is 8.99. The third-order valence-corrected chi connectivity index (χ3v) is 4.91. The molecule has 3 rings (SSSR count). The average molecular weight is 351 g/mol. The van der Waals surface area contributed by atoms with Crippen molar-refractivity contribution in [3.63, 3.8) is 0 Å². The van der Waals surface area contributed by atoms with Crippen LogP contribution in [0.2, 0.25) is 0 Å². The molecule has 0 saturated carbocycles. The van der Waals surface area contributed by atoms with Gasteiger partial charge in [0.2, 0.25) is 0 Å². The van der Waals surface area contributed by atoms with Gasteiger partial charge in [-0.3, -0.25) is 4.79 Å². The third kappa shape index (κ3) is 4.33. The SMILES string of the molecule is C=CCOc1ccc(C(=O)NCC2(c3ccccc3)CCOCC2)cc1. The predicted octanol–water partition coefficient (Wildman–Crippen LogP) is 3.73. The van der Waals surface area contributed by atoms with Gasteiger partial charge in [-0.05, 0) is 42.7 Å². The van der Waals surface area contributed by atoms with Crippen LogP contribution in [0.3, 0.4) is 0 Å². The van der Waals surface area contributed by atoms with Gasteiger partial charge in [-0.2, -0.15) is 0 Å². The third-order valence-electron chi connectivity index (χ3n) is 4.91. The van der Waals surface area contributed by atoms with Crippen LogP contribution in [0.4, 0.5) is 0 Å². The van der Waals surface area contributed by atoms with Gasteiger partial charge in [0.25, 0.3) is 5.91 Å². The Hall–Kier alpha value is -2.59. The summed E-state index contributed by atoms with van der Waals surface area (Å²) in [6.45, 7) is 6.13. The van der Waals surface area contributed by atoms with Crippen molar-refractivity contribution in [2.75, 3.05) is 26.4 Å². The van der Waals surface area contributed by atoms with E-state index in [-0.39, 0.29) is 11.3 Å². The Labute approximate surface area is 154 Å². The molecule has 1 aliphatic rings. The van der Waals surface area contributed by atoms with Crippen molar-refractivity contribution in [3.05, 3.63) is 78.4 Å². The molecule has 0 aromatic heterocycles. The normalized spacial score (nSPS) is 15.8. The molecule has 0 aliphatic carbocycles. The summed E-state index contributed by atoms with van der Waals surface area (Å²) in [5, 5.41) is 3.12. The maximum absolute atomic E-state index is 12.6. The molecular formula is C22H25NO3. The molecule has 0 radical (unpaired) electrons. The van der Waals surface area contributed by atoms with Crippen LogP contribution in [0.25, 0.3) is 0 Å². The van der Waals surface area contributed by atoms with Crippen LogP contribution in [-0.4, -0.2) is 32.3 Å². The van der Waals surface area contributed by atoms with Crippen LogP contribution < -0.4 is 10.1 Å². The second-order valence-electron chi connectivity index (χ2n) is 6.57. The molecule has 1 fully saturated rings. The maximum Gasteiger partial charge on any atom is 0.251 e. The van der Waals surface area contributed by atoms with Crippen LogP contribution in [0.1, 0.15) is 28.8 Å². The van der Waals surface area contributed by atoms with Crippen LogP contribution in [0, 0.1) is 0 Å². The molecule has 2 aromatic rings. The van der Waals surface area contributed by atoms with Crippen molar-refractivity contribution in [1.82, 2.24) is 5.32 Å². The standard InChI is InChI=1S/C22H25NO3/c1-2-14-26-20-10-8-18(9-11-20)21(24)23-17-22(12-15-25-16-13-22)19-6-4-3-5-7-19/h2-11H,1,12-17H2,(H,23,24). The average Bonchev–Trinajstić information content (AvgIpc) is 2.72. The van der Waals surface area contributed by atoms with Gasteiger partial charge in [0, 0.05) is 30.7 Å². The van der Waals surface area contributed by atoms with E-state index in [4.69, 9.17) is 9.47 Å². The Bertz CT molecular complexity index is 719. The van der Waals surface area contributed by atoms with Gasteiger partial charge in [-0.1, -0.05) is 43.0 Å². The van der Waals surface area contributed by atoms with E-state index in [1.165, 1.54) is 5.56 Å². The molecule has 1 heterocycles. The van der Waals surface area contributed by atoms with E-state index in [2.05, 4.69) is 36.2 Å². The van der Waals surface area contributed by atoms with Crippen molar-refractivity contribution < 1.29 is 14.3 Å². The van der Waals surface area contributed by atoms with E-state index in [1.807, 2.05) is 6.07 Å². The Morgan fingerprint density at radius 2 is 1.81 bits per heavy atom. The predicted molar refractivity (Wildman–Crippen MR) is 103 cm³/mol. The van der Waals surface area contributed by atoms with E-state index >= 15 is 0 Å². The Morgan fingerprint density at radius 3 is 2.46 bits per heavy atom. The van der Waals surface area contributed by atoms with Crippen molar-refractivity contribution in [3.8, 4) is 5.75 Å². The first kappa shape index (κ1) is 18.2. The fraction of sp³-hybridized carbons (Fsp3) is 0.318. The smallest absolute Gasteiger partial charge is 0.251 e. The second-order valence-corrected chi connectivity index (χ2v) is 6.57. The van der Waals surface area contributed by atoms with E-state index in [1.54, 1.807) is 30.3 Å². The second kappa shape index (κ2) is 8.68. The number of ether oxygens (including phenoxy) is 2. The maximum atomic E-state index is 12.6. The van der Waals surface area contributed by atoms with Crippen molar-refractivity contribution >= 4 is 5.91 Å². The van der Waals surface area contributed by atoms with E-state index < -0.39 is 0 Å². The number of nitrogens with one attached hydrogen (secondary N) is 1. The Balaban J connectivity index is 1.67. The number of hydrogen-bond donors (Lipinski definition) is 1. The number of hydrogen-bond acceptors (Lipinski definition) is 3. The Morgan fingerprint density at radius 1 is 1.12 bits per heavy atom. The minimum Gasteiger partial charge on any atom is -0.490 e. The van der Waals surface area contributed by atoms with Crippen LogP contribution in [-0.2, 0) is 10.2 Å². The van der Waals surface area contributed by atoms with E-state index in [9.17, 15) is 4.79 Å². The molecule has 4 heteroatoms. The zero-order valence-corrected chi connectivity index (χ0v) is 14.9. The summed E-state index contributed by atoms with van der Waals surface area (Å²) in [6, 6.07) is 17.6. The molecule has 0 atom stereocenters. The van der Waals surface area contributed by atoms with Gasteiger partial charge in [-0.25, -0.2) is 0 Å². The fourth-order valence-corrected chi connectivity index (χ4v) is 3.33. The lowest BCUT2D eigenvalue weighted by atomic mass is 9.74. The molecule has 0 spiro atoms. The summed E-state index contributed by atoms with van der Waals surface area (Å²) in [5.41, 5.74) is 1.82. The number of amides is 1. The molecule has 0 bridgehead atoms. The van der Waals surface area contributed by atoms with Crippen LogP contribution in [0.5, 0.6) is 5.75 Å². The zero-order chi connectivity index (χ0) is 18.2. The number of carbonyl (C=O) groups is 1. The van der Waals surface area contributed by atoms with Gasteiger partial charge in [0.05, 0.1) is 0 Å². The summed E-state index contributed by atoms with van der Waals surface area (Å²) >= 11 is 0. The fourth-order valence-electron chi connectivity index (χ4n) is 3.33. The Kier molecular flexibility index (Phi) is 6.08. The molecule has 26 heavy (non-hydrogen) atoms. The number of carbonyl (C=O) groups excluding carboxylic acids is 1.